The van der Waals surface area contributed by atoms with Crippen LogP contribution in [0.25, 0.3) is 0 Å². The van der Waals surface area contributed by atoms with Gasteiger partial charge in [0.1, 0.15) is 11.0 Å². The van der Waals surface area contributed by atoms with Gasteiger partial charge in [0.05, 0.1) is 0 Å². The van der Waals surface area contributed by atoms with Gasteiger partial charge in [-0.25, -0.2) is 4.98 Å². The smallest absolute Gasteiger partial charge is 0.232 e. The molecule has 1 saturated heterocycles. The van der Waals surface area contributed by atoms with Gasteiger partial charge in [0.2, 0.25) is 12.7 Å². The van der Waals surface area contributed by atoms with Crippen molar-refractivity contribution < 1.29 is 9.47 Å². The van der Waals surface area contributed by atoms with E-state index in [2.05, 4.69) is 32.4 Å². The number of nitrogens with zero attached hydrogens (tertiary/aromatic N) is 3. The molecule has 0 unspecified atom stereocenters. The topological polar surface area (TPSA) is 71.5 Å². The summed E-state index contributed by atoms with van der Waals surface area (Å²) >= 11 is 11.6. The molecular formula is C19H22ClN5O2S. The third-order valence-electron chi connectivity index (χ3n) is 4.89. The highest BCUT2D eigenvalue weighted by atomic mass is 35.5. The van der Waals surface area contributed by atoms with Gasteiger partial charge in [0.25, 0.3) is 0 Å². The van der Waals surface area contributed by atoms with E-state index in [1.165, 1.54) is 6.42 Å². The maximum Gasteiger partial charge on any atom is 0.232 e. The number of aromatic nitrogens is 2. The number of thiocarbonyl (C=S) groups is 1. The molecule has 4 rings (SSSR count). The van der Waals surface area contributed by atoms with Crippen LogP contribution in [0.3, 0.4) is 0 Å². The molecule has 3 heterocycles. The van der Waals surface area contributed by atoms with Gasteiger partial charge in [-0.1, -0.05) is 17.7 Å². The molecule has 2 aliphatic rings. The molecule has 0 aliphatic carbocycles. The van der Waals surface area contributed by atoms with Crippen LogP contribution in [-0.4, -0.2) is 34.5 Å². The van der Waals surface area contributed by atoms with Crippen molar-refractivity contribution in [3.8, 4) is 11.5 Å². The zero-order valence-corrected chi connectivity index (χ0v) is 17.1. The summed E-state index contributed by atoms with van der Waals surface area (Å²) in [7, 11) is 0. The first-order chi connectivity index (χ1) is 13.6. The number of benzene rings is 1. The second-order valence-corrected chi connectivity index (χ2v) is 7.70. The normalized spacial score (nSPS) is 18.1. The summed E-state index contributed by atoms with van der Waals surface area (Å²) in [6, 6.07) is 8.03. The third-order valence-corrected chi connectivity index (χ3v) is 5.33. The van der Waals surface area contributed by atoms with Gasteiger partial charge in [-0.15, -0.1) is 0 Å². The Hall–Kier alpha value is -2.32. The quantitative estimate of drug-likeness (QED) is 0.573. The van der Waals surface area contributed by atoms with Crippen LogP contribution in [0.4, 0.5) is 11.8 Å². The van der Waals surface area contributed by atoms with Crippen LogP contribution in [0.2, 0.25) is 5.15 Å². The highest BCUT2D eigenvalue weighted by Crippen LogP contribution is 2.32. The van der Waals surface area contributed by atoms with E-state index in [1.807, 2.05) is 18.2 Å². The average molecular weight is 420 g/mol. The molecule has 28 heavy (non-hydrogen) atoms. The predicted molar refractivity (Wildman–Crippen MR) is 113 cm³/mol. The molecule has 7 nitrogen and oxygen atoms in total. The Morgan fingerprint density at radius 3 is 2.96 bits per heavy atom. The summed E-state index contributed by atoms with van der Waals surface area (Å²) in [6.45, 7) is 3.98. The maximum atomic E-state index is 6.22. The number of nitrogens with one attached hydrogen (secondary N) is 2. The number of ether oxygens (including phenoxy) is 2. The van der Waals surface area contributed by atoms with Crippen LogP contribution in [0, 0.1) is 0 Å². The molecule has 1 atom stereocenters. The standard InChI is InChI=1S/C19H22ClN5O2S/c1-12-4-2-3-7-25(12)17-9-16(20)22-18(23-17)24-19(28)21-10-13-5-6-14-15(8-13)27-11-26-14/h5-6,8-9,12H,2-4,7,10-11H2,1H3,(H2,21,22,23,24,28)/t12-/m0/s1. The number of hydrogen-bond donors (Lipinski definition) is 2. The van der Waals surface area contributed by atoms with Gasteiger partial charge in [0, 0.05) is 25.2 Å². The first-order valence-corrected chi connectivity index (χ1v) is 10.1. The molecule has 0 bridgehead atoms. The highest BCUT2D eigenvalue weighted by Gasteiger charge is 2.21. The number of halogens is 1. The van der Waals surface area contributed by atoms with Crippen LogP contribution >= 0.6 is 23.8 Å². The lowest BCUT2D eigenvalue weighted by Gasteiger charge is -2.34. The van der Waals surface area contributed by atoms with Gasteiger partial charge >= 0.3 is 0 Å². The Kier molecular flexibility index (Phi) is 5.68. The molecular weight excluding hydrogens is 398 g/mol. The molecule has 0 saturated carbocycles. The van der Waals surface area contributed by atoms with Crippen LogP contribution in [-0.2, 0) is 6.54 Å². The van der Waals surface area contributed by atoms with E-state index in [0.717, 1.165) is 42.3 Å². The fourth-order valence-electron chi connectivity index (χ4n) is 3.43. The number of rotatable bonds is 4. The largest absolute Gasteiger partial charge is 0.454 e. The lowest BCUT2D eigenvalue weighted by atomic mass is 10.0. The van der Waals surface area contributed by atoms with Crippen LogP contribution in [0.5, 0.6) is 11.5 Å². The van der Waals surface area contributed by atoms with Crippen molar-refractivity contribution in [1.29, 1.82) is 0 Å². The summed E-state index contributed by atoms with van der Waals surface area (Å²) in [5.41, 5.74) is 1.03. The van der Waals surface area contributed by atoms with Crippen LogP contribution in [0.1, 0.15) is 31.7 Å². The third kappa shape index (κ3) is 4.39. The monoisotopic (exact) mass is 419 g/mol. The van der Waals surface area contributed by atoms with Gasteiger partial charge in [-0.05, 0) is 56.1 Å². The SMILES string of the molecule is C[C@H]1CCCCN1c1cc(Cl)nc(NC(=S)NCc2ccc3c(c2)OCO3)n1. The molecule has 0 radical (unpaired) electrons. The minimum atomic E-state index is 0.260. The van der Waals surface area contributed by atoms with Gasteiger partial charge in [-0.3, -0.25) is 0 Å². The van der Waals surface area contributed by atoms with Crippen molar-refractivity contribution in [2.75, 3.05) is 23.6 Å². The van der Waals surface area contributed by atoms with Crippen LogP contribution in [0.15, 0.2) is 24.3 Å². The molecule has 2 aromatic rings. The molecule has 1 aromatic heterocycles. The van der Waals surface area contributed by atoms with Gasteiger partial charge in [-0.2, -0.15) is 4.98 Å². The van der Waals surface area contributed by atoms with E-state index in [1.54, 1.807) is 6.07 Å². The fraction of sp³-hybridized carbons (Fsp3) is 0.421. The van der Waals surface area contributed by atoms with Crippen molar-refractivity contribution >= 4 is 40.7 Å². The molecule has 1 aromatic carbocycles. The Bertz CT molecular complexity index is 881. The fourth-order valence-corrected chi connectivity index (χ4v) is 3.77. The summed E-state index contributed by atoms with van der Waals surface area (Å²) < 4.78 is 10.7. The first kappa shape index (κ1) is 19.0. The summed E-state index contributed by atoms with van der Waals surface area (Å²) in [5, 5.41) is 7.00. The Morgan fingerprint density at radius 1 is 1.25 bits per heavy atom. The van der Waals surface area contributed by atoms with Gasteiger partial charge < -0.3 is 25.0 Å². The lowest BCUT2D eigenvalue weighted by Crippen LogP contribution is -2.38. The highest BCUT2D eigenvalue weighted by molar-refractivity contribution is 7.80. The number of piperidine rings is 1. The first-order valence-electron chi connectivity index (χ1n) is 9.33. The van der Waals surface area contributed by atoms with E-state index in [4.69, 9.17) is 33.3 Å². The zero-order valence-electron chi connectivity index (χ0n) is 15.6. The van der Waals surface area contributed by atoms with Crippen molar-refractivity contribution in [3.05, 3.63) is 35.0 Å². The molecule has 148 valence electrons. The van der Waals surface area contributed by atoms with E-state index in [9.17, 15) is 0 Å². The molecule has 2 N–H and O–H groups in total. The Balaban J connectivity index is 1.38. The van der Waals surface area contributed by atoms with Crippen molar-refractivity contribution in [1.82, 2.24) is 15.3 Å². The van der Waals surface area contributed by atoms with E-state index >= 15 is 0 Å². The summed E-state index contributed by atoms with van der Waals surface area (Å²) in [6.07, 6.45) is 3.56. The summed E-state index contributed by atoms with van der Waals surface area (Å²) in [5.74, 6) is 2.73. The Labute approximate surface area is 174 Å². The zero-order chi connectivity index (χ0) is 19.5. The van der Waals surface area contributed by atoms with Crippen molar-refractivity contribution in [3.63, 3.8) is 0 Å². The van der Waals surface area contributed by atoms with E-state index in [0.29, 0.717) is 28.8 Å². The molecule has 1 fully saturated rings. The lowest BCUT2D eigenvalue weighted by molar-refractivity contribution is 0.174. The van der Waals surface area contributed by atoms with E-state index in [-0.39, 0.29) is 6.79 Å². The number of hydrogen-bond acceptors (Lipinski definition) is 6. The molecule has 2 aliphatic heterocycles. The minimum absolute atomic E-state index is 0.260. The summed E-state index contributed by atoms with van der Waals surface area (Å²) in [4.78, 5) is 11.1. The second-order valence-electron chi connectivity index (χ2n) is 6.91. The van der Waals surface area contributed by atoms with Gasteiger partial charge in [0.15, 0.2) is 16.6 Å². The average Bonchev–Trinajstić information content (AvgIpc) is 3.14. The molecule has 0 amide bonds. The van der Waals surface area contributed by atoms with Crippen LogP contribution < -0.4 is 25.0 Å². The van der Waals surface area contributed by atoms with E-state index < -0.39 is 0 Å². The number of fused-ring (bicyclic) bond motifs is 1. The molecule has 9 heteroatoms. The minimum Gasteiger partial charge on any atom is -0.454 e. The number of anilines is 2. The Morgan fingerprint density at radius 2 is 2.11 bits per heavy atom. The maximum absolute atomic E-state index is 6.22. The second kappa shape index (κ2) is 8.36. The van der Waals surface area contributed by atoms with Crippen molar-refractivity contribution in [2.24, 2.45) is 0 Å². The predicted octanol–water partition coefficient (Wildman–Crippen LogP) is 3.72. The van der Waals surface area contributed by atoms with Crippen molar-refractivity contribution in [2.45, 2.75) is 38.8 Å². The molecule has 0 spiro atoms.